The molecule has 3 heterocycles. The normalized spacial score (nSPS) is 23.6. The summed E-state index contributed by atoms with van der Waals surface area (Å²) in [6.45, 7) is 11.4. The Morgan fingerprint density at radius 2 is 1.88 bits per heavy atom. The number of carbonyl (C=O) groups excluding carboxylic acids is 1. The molecule has 0 N–H and O–H groups in total. The molecule has 2 fully saturated rings. The molecule has 0 unspecified atom stereocenters. The fourth-order valence-electron chi connectivity index (χ4n) is 4.16. The van der Waals surface area contributed by atoms with Gasteiger partial charge in [0.25, 0.3) is 0 Å². The number of likely N-dealkylation sites (tertiary alicyclic amines) is 2. The maximum Gasteiger partial charge on any atom is 0.227 e. The van der Waals surface area contributed by atoms with E-state index >= 15 is 0 Å². The van der Waals surface area contributed by atoms with Crippen molar-refractivity contribution in [3.8, 4) is 0 Å². The fourth-order valence-corrected chi connectivity index (χ4v) is 4.16. The molecule has 2 aliphatic heterocycles. The van der Waals surface area contributed by atoms with E-state index in [2.05, 4.69) is 20.9 Å². The molecule has 24 heavy (non-hydrogen) atoms. The van der Waals surface area contributed by atoms with Crippen LogP contribution in [0.3, 0.4) is 0 Å². The number of aromatic nitrogens is 1. The molecule has 4 heteroatoms. The smallest absolute Gasteiger partial charge is 0.227 e. The summed E-state index contributed by atoms with van der Waals surface area (Å²) in [6.07, 6.45) is 7.53. The average Bonchev–Trinajstić information content (AvgIpc) is 3.05. The molecule has 0 saturated carbocycles. The van der Waals surface area contributed by atoms with Crippen molar-refractivity contribution in [2.24, 2.45) is 17.3 Å². The second-order valence-corrected chi connectivity index (χ2v) is 8.52. The van der Waals surface area contributed by atoms with E-state index in [1.165, 1.54) is 37.9 Å². The van der Waals surface area contributed by atoms with Crippen LogP contribution in [0.2, 0.25) is 0 Å². The first kappa shape index (κ1) is 17.4. The Balaban J connectivity index is 1.47. The number of pyridine rings is 1. The highest BCUT2D eigenvalue weighted by atomic mass is 16.2. The summed E-state index contributed by atoms with van der Waals surface area (Å²) in [5.41, 5.74) is 1.06. The van der Waals surface area contributed by atoms with Gasteiger partial charge in [-0.15, -0.1) is 0 Å². The predicted molar refractivity (Wildman–Crippen MR) is 96.4 cm³/mol. The van der Waals surface area contributed by atoms with Crippen LogP contribution in [-0.4, -0.2) is 46.9 Å². The number of nitrogens with zero attached hydrogens (tertiary/aromatic N) is 3. The number of rotatable bonds is 3. The molecule has 2 aliphatic rings. The molecule has 1 atom stereocenters. The molecule has 1 aromatic rings. The minimum absolute atomic E-state index is 0.248. The second-order valence-electron chi connectivity index (χ2n) is 8.52. The van der Waals surface area contributed by atoms with Crippen molar-refractivity contribution in [3.63, 3.8) is 0 Å². The van der Waals surface area contributed by atoms with Gasteiger partial charge in [0.2, 0.25) is 5.91 Å². The van der Waals surface area contributed by atoms with Gasteiger partial charge in [0.05, 0.1) is 0 Å². The first-order valence-electron chi connectivity index (χ1n) is 9.34. The highest BCUT2D eigenvalue weighted by Crippen LogP contribution is 2.33. The zero-order valence-electron chi connectivity index (χ0n) is 15.4. The number of piperidine rings is 1. The largest absolute Gasteiger partial charge is 0.342 e. The highest BCUT2D eigenvalue weighted by molar-refractivity contribution is 5.81. The number of amides is 1. The standard InChI is InChI=1S/C20H31N3O/c1-20(2,3)19(24)23-12-8-18(15-23)17-6-10-22(11-7-17)14-16-5-4-9-21-13-16/h4-5,9,13,17-18H,6-8,10-12,14-15H2,1-3H3/t18-/m1/s1. The number of hydrogen-bond donors (Lipinski definition) is 0. The van der Waals surface area contributed by atoms with Crippen molar-refractivity contribution in [1.29, 1.82) is 0 Å². The second kappa shape index (κ2) is 7.22. The lowest BCUT2D eigenvalue weighted by Gasteiger charge is -2.35. The van der Waals surface area contributed by atoms with Gasteiger partial charge in [-0.2, -0.15) is 0 Å². The first-order valence-corrected chi connectivity index (χ1v) is 9.34. The number of carbonyl (C=O) groups is 1. The third kappa shape index (κ3) is 4.15. The quantitative estimate of drug-likeness (QED) is 0.854. The van der Waals surface area contributed by atoms with Crippen LogP contribution in [-0.2, 0) is 11.3 Å². The molecule has 1 amide bonds. The first-order chi connectivity index (χ1) is 11.4. The Labute approximate surface area is 146 Å². The molecule has 132 valence electrons. The Morgan fingerprint density at radius 3 is 2.50 bits per heavy atom. The van der Waals surface area contributed by atoms with Gasteiger partial charge in [0, 0.05) is 37.4 Å². The maximum absolute atomic E-state index is 12.5. The van der Waals surface area contributed by atoms with Crippen molar-refractivity contribution < 1.29 is 4.79 Å². The van der Waals surface area contributed by atoms with Gasteiger partial charge in [-0.05, 0) is 55.8 Å². The Kier molecular flexibility index (Phi) is 5.24. The van der Waals surface area contributed by atoms with Crippen molar-refractivity contribution in [3.05, 3.63) is 30.1 Å². The van der Waals surface area contributed by atoms with Gasteiger partial charge < -0.3 is 4.90 Å². The van der Waals surface area contributed by atoms with E-state index in [9.17, 15) is 4.79 Å². The van der Waals surface area contributed by atoms with Gasteiger partial charge >= 0.3 is 0 Å². The minimum atomic E-state index is -0.248. The van der Waals surface area contributed by atoms with E-state index in [0.717, 1.165) is 25.6 Å². The molecule has 1 aromatic heterocycles. The zero-order valence-corrected chi connectivity index (χ0v) is 15.4. The van der Waals surface area contributed by atoms with Crippen LogP contribution >= 0.6 is 0 Å². The average molecular weight is 329 g/mol. The highest BCUT2D eigenvalue weighted by Gasteiger charge is 2.36. The summed E-state index contributed by atoms with van der Waals surface area (Å²) < 4.78 is 0. The molecule has 0 aliphatic carbocycles. The van der Waals surface area contributed by atoms with Gasteiger partial charge in [-0.1, -0.05) is 26.8 Å². The van der Waals surface area contributed by atoms with Gasteiger partial charge in [-0.3, -0.25) is 14.7 Å². The van der Waals surface area contributed by atoms with Gasteiger partial charge in [0.15, 0.2) is 0 Å². The molecule has 0 aromatic carbocycles. The van der Waals surface area contributed by atoms with Gasteiger partial charge in [-0.25, -0.2) is 0 Å². The van der Waals surface area contributed by atoms with Crippen molar-refractivity contribution in [1.82, 2.24) is 14.8 Å². The van der Waals surface area contributed by atoms with Crippen molar-refractivity contribution >= 4 is 5.91 Å². The Bertz CT molecular complexity index is 544. The lowest BCUT2D eigenvalue weighted by molar-refractivity contribution is -0.138. The predicted octanol–water partition coefficient (Wildman–Crippen LogP) is 3.19. The van der Waals surface area contributed by atoms with Crippen LogP contribution in [0.1, 0.15) is 45.6 Å². The van der Waals surface area contributed by atoms with E-state index in [4.69, 9.17) is 0 Å². The van der Waals surface area contributed by atoms with E-state index in [1.807, 2.05) is 39.2 Å². The lowest BCUT2D eigenvalue weighted by atomic mass is 9.83. The monoisotopic (exact) mass is 329 g/mol. The third-order valence-corrected chi connectivity index (χ3v) is 5.58. The van der Waals surface area contributed by atoms with Crippen molar-refractivity contribution in [2.75, 3.05) is 26.2 Å². The van der Waals surface area contributed by atoms with Crippen LogP contribution in [0.15, 0.2) is 24.5 Å². The van der Waals surface area contributed by atoms with E-state index < -0.39 is 0 Å². The molecule has 0 radical (unpaired) electrons. The van der Waals surface area contributed by atoms with Crippen LogP contribution in [0.5, 0.6) is 0 Å². The molecule has 0 spiro atoms. The minimum Gasteiger partial charge on any atom is -0.342 e. The molecular weight excluding hydrogens is 298 g/mol. The van der Waals surface area contributed by atoms with E-state index in [-0.39, 0.29) is 5.41 Å². The molecule has 3 rings (SSSR count). The molecule has 0 bridgehead atoms. The Morgan fingerprint density at radius 1 is 1.17 bits per heavy atom. The summed E-state index contributed by atoms with van der Waals surface area (Å²) in [5.74, 6) is 1.81. The summed E-state index contributed by atoms with van der Waals surface area (Å²) in [5, 5.41) is 0. The third-order valence-electron chi connectivity index (χ3n) is 5.58. The topological polar surface area (TPSA) is 36.4 Å². The summed E-state index contributed by atoms with van der Waals surface area (Å²) >= 11 is 0. The lowest BCUT2D eigenvalue weighted by Crippen LogP contribution is -2.39. The summed E-state index contributed by atoms with van der Waals surface area (Å²) in [7, 11) is 0. The maximum atomic E-state index is 12.5. The molecular formula is C20H31N3O. The fraction of sp³-hybridized carbons (Fsp3) is 0.700. The van der Waals surface area contributed by atoms with Crippen LogP contribution < -0.4 is 0 Å². The molecule has 2 saturated heterocycles. The van der Waals surface area contributed by atoms with Crippen molar-refractivity contribution in [2.45, 2.75) is 46.6 Å². The zero-order chi connectivity index (χ0) is 17.2. The summed E-state index contributed by atoms with van der Waals surface area (Å²) in [6, 6.07) is 4.17. The number of hydrogen-bond acceptors (Lipinski definition) is 3. The van der Waals surface area contributed by atoms with E-state index in [0.29, 0.717) is 11.8 Å². The SMILES string of the molecule is CC(C)(C)C(=O)N1CC[C@@H](C2CCN(Cc3cccnc3)CC2)C1. The summed E-state index contributed by atoms with van der Waals surface area (Å²) in [4.78, 5) is 21.3. The van der Waals surface area contributed by atoms with Gasteiger partial charge in [0.1, 0.15) is 0 Å². The van der Waals surface area contributed by atoms with Crippen LogP contribution in [0.4, 0.5) is 0 Å². The molecule has 4 nitrogen and oxygen atoms in total. The van der Waals surface area contributed by atoms with Crippen LogP contribution in [0.25, 0.3) is 0 Å². The van der Waals surface area contributed by atoms with E-state index in [1.54, 1.807) is 0 Å². The Hall–Kier alpha value is -1.42. The van der Waals surface area contributed by atoms with Crippen LogP contribution in [0, 0.1) is 17.3 Å².